The summed E-state index contributed by atoms with van der Waals surface area (Å²) in [4.78, 5) is 10.3. The number of aryl methyl sites for hydroxylation is 2. The molecule has 0 atom stereocenters. The third kappa shape index (κ3) is 2.73. The molecule has 0 bridgehead atoms. The molecule has 1 rings (SSSR count). The van der Waals surface area contributed by atoms with Crippen molar-refractivity contribution in [1.29, 1.82) is 0 Å². The van der Waals surface area contributed by atoms with Crippen molar-refractivity contribution >= 4 is 12.0 Å². The van der Waals surface area contributed by atoms with Gasteiger partial charge in [-0.2, -0.15) is 5.10 Å². The molecule has 0 aliphatic heterocycles. The van der Waals surface area contributed by atoms with Crippen molar-refractivity contribution in [2.45, 2.75) is 26.8 Å². The molecule has 0 aliphatic carbocycles. The summed E-state index contributed by atoms with van der Waals surface area (Å²) in [7, 11) is 0. The average Bonchev–Trinajstić information content (AvgIpc) is 2.44. The number of aliphatic carboxylic acids is 1. The molecule has 1 N–H and O–H groups in total. The van der Waals surface area contributed by atoms with Gasteiger partial charge in [-0.1, -0.05) is 6.92 Å². The summed E-state index contributed by atoms with van der Waals surface area (Å²) in [5.74, 6) is -0.937. The molecular formula is C10H14N2O2. The number of aromatic nitrogens is 2. The topological polar surface area (TPSA) is 55.1 Å². The molecule has 0 amide bonds. The minimum absolute atomic E-state index is 0.857. The summed E-state index contributed by atoms with van der Waals surface area (Å²) in [6, 6.07) is 0. The van der Waals surface area contributed by atoms with E-state index in [9.17, 15) is 4.79 Å². The highest BCUT2D eigenvalue weighted by Gasteiger charge is 2.01. The van der Waals surface area contributed by atoms with E-state index in [-0.39, 0.29) is 0 Å². The van der Waals surface area contributed by atoms with Gasteiger partial charge in [0.2, 0.25) is 0 Å². The molecule has 0 saturated carbocycles. The molecule has 4 nitrogen and oxygen atoms in total. The lowest BCUT2D eigenvalue weighted by molar-refractivity contribution is -0.131. The lowest BCUT2D eigenvalue weighted by atomic mass is 10.2. The number of hydrogen-bond donors (Lipinski definition) is 1. The van der Waals surface area contributed by atoms with Crippen LogP contribution < -0.4 is 0 Å². The van der Waals surface area contributed by atoms with Crippen LogP contribution in [0.3, 0.4) is 0 Å². The van der Waals surface area contributed by atoms with Crippen LogP contribution in [0.2, 0.25) is 0 Å². The van der Waals surface area contributed by atoms with E-state index in [1.807, 2.05) is 17.8 Å². The van der Waals surface area contributed by atoms with E-state index in [1.165, 1.54) is 0 Å². The number of carboxylic acids is 1. The second-order valence-electron chi connectivity index (χ2n) is 3.10. The van der Waals surface area contributed by atoms with Crippen molar-refractivity contribution in [3.05, 3.63) is 23.5 Å². The largest absolute Gasteiger partial charge is 0.478 e. The molecule has 1 heterocycles. The van der Waals surface area contributed by atoms with Gasteiger partial charge in [-0.15, -0.1) is 0 Å². The Labute approximate surface area is 82.9 Å². The summed E-state index contributed by atoms with van der Waals surface area (Å²) >= 11 is 0. The molecule has 4 heteroatoms. The smallest absolute Gasteiger partial charge is 0.328 e. The van der Waals surface area contributed by atoms with Gasteiger partial charge in [0.15, 0.2) is 0 Å². The van der Waals surface area contributed by atoms with E-state index in [0.29, 0.717) is 0 Å². The monoisotopic (exact) mass is 194 g/mol. The van der Waals surface area contributed by atoms with E-state index in [2.05, 4.69) is 12.0 Å². The second kappa shape index (κ2) is 4.60. The van der Waals surface area contributed by atoms with Crippen molar-refractivity contribution in [3.8, 4) is 0 Å². The van der Waals surface area contributed by atoms with Gasteiger partial charge < -0.3 is 5.11 Å². The third-order valence-corrected chi connectivity index (χ3v) is 1.84. The summed E-state index contributed by atoms with van der Waals surface area (Å²) in [5, 5.41) is 12.7. The van der Waals surface area contributed by atoms with Gasteiger partial charge >= 0.3 is 5.97 Å². The Hall–Kier alpha value is -1.58. The Morgan fingerprint density at radius 2 is 2.43 bits per heavy atom. The maximum Gasteiger partial charge on any atom is 0.328 e. The predicted molar refractivity (Wildman–Crippen MR) is 53.9 cm³/mol. The first-order chi connectivity index (χ1) is 6.63. The number of carbonyl (C=O) groups is 1. The van der Waals surface area contributed by atoms with Gasteiger partial charge in [0.25, 0.3) is 0 Å². The van der Waals surface area contributed by atoms with E-state index in [0.717, 1.165) is 30.3 Å². The normalized spacial score (nSPS) is 11.0. The standard InChI is InChI=1S/C10H14N2O2/c1-3-6-12-7-9(8(2)11-12)4-5-10(13)14/h4-5,7H,3,6H2,1-2H3,(H,13,14). The van der Waals surface area contributed by atoms with E-state index >= 15 is 0 Å². The highest BCUT2D eigenvalue weighted by molar-refractivity contribution is 5.85. The fourth-order valence-corrected chi connectivity index (χ4v) is 1.20. The fraction of sp³-hybridized carbons (Fsp3) is 0.400. The summed E-state index contributed by atoms with van der Waals surface area (Å²) in [6.07, 6.45) is 5.57. The SMILES string of the molecule is CCCn1cc(C=CC(=O)O)c(C)n1. The van der Waals surface area contributed by atoms with Crippen molar-refractivity contribution in [2.24, 2.45) is 0 Å². The van der Waals surface area contributed by atoms with Crippen LogP contribution >= 0.6 is 0 Å². The van der Waals surface area contributed by atoms with Gasteiger partial charge in [-0.05, 0) is 19.4 Å². The maximum atomic E-state index is 10.3. The van der Waals surface area contributed by atoms with Gasteiger partial charge in [-0.3, -0.25) is 4.68 Å². The van der Waals surface area contributed by atoms with Gasteiger partial charge in [0.1, 0.15) is 0 Å². The molecule has 0 saturated heterocycles. The Balaban J connectivity index is 2.82. The average molecular weight is 194 g/mol. The zero-order chi connectivity index (χ0) is 10.6. The highest BCUT2D eigenvalue weighted by atomic mass is 16.4. The molecule has 0 aromatic carbocycles. The fourth-order valence-electron chi connectivity index (χ4n) is 1.20. The summed E-state index contributed by atoms with van der Waals surface area (Å²) in [5.41, 5.74) is 1.72. The highest BCUT2D eigenvalue weighted by Crippen LogP contribution is 2.08. The molecule has 0 aliphatic rings. The molecule has 0 fully saturated rings. The van der Waals surface area contributed by atoms with Crippen molar-refractivity contribution in [3.63, 3.8) is 0 Å². The molecule has 76 valence electrons. The van der Waals surface area contributed by atoms with Gasteiger partial charge in [-0.25, -0.2) is 4.79 Å². The zero-order valence-electron chi connectivity index (χ0n) is 8.40. The van der Waals surface area contributed by atoms with Crippen LogP contribution in [0.5, 0.6) is 0 Å². The third-order valence-electron chi connectivity index (χ3n) is 1.84. The second-order valence-corrected chi connectivity index (χ2v) is 3.10. The number of hydrogen-bond acceptors (Lipinski definition) is 2. The molecule has 0 unspecified atom stereocenters. The molecule has 1 aromatic heterocycles. The predicted octanol–water partition coefficient (Wildman–Crippen LogP) is 1.70. The first-order valence-electron chi connectivity index (χ1n) is 4.58. The first kappa shape index (κ1) is 10.5. The Morgan fingerprint density at radius 1 is 1.71 bits per heavy atom. The van der Waals surface area contributed by atoms with E-state index < -0.39 is 5.97 Å². The Morgan fingerprint density at radius 3 is 3.00 bits per heavy atom. The minimum atomic E-state index is -0.937. The van der Waals surface area contributed by atoms with E-state index in [4.69, 9.17) is 5.11 Å². The minimum Gasteiger partial charge on any atom is -0.478 e. The van der Waals surface area contributed by atoms with E-state index in [1.54, 1.807) is 6.08 Å². The summed E-state index contributed by atoms with van der Waals surface area (Å²) < 4.78 is 1.83. The van der Waals surface area contributed by atoms with Crippen LogP contribution in [0.25, 0.3) is 6.08 Å². The van der Waals surface area contributed by atoms with Crippen molar-refractivity contribution < 1.29 is 9.90 Å². The Kier molecular flexibility index (Phi) is 3.45. The number of rotatable bonds is 4. The van der Waals surface area contributed by atoms with Crippen molar-refractivity contribution in [2.75, 3.05) is 0 Å². The summed E-state index contributed by atoms with van der Waals surface area (Å²) in [6.45, 7) is 4.80. The van der Waals surface area contributed by atoms with Gasteiger partial charge in [0, 0.05) is 24.4 Å². The number of carboxylic acid groups (broad SMARTS) is 1. The van der Waals surface area contributed by atoms with Crippen LogP contribution in [0, 0.1) is 6.92 Å². The molecule has 14 heavy (non-hydrogen) atoms. The van der Waals surface area contributed by atoms with Crippen LogP contribution in [0.15, 0.2) is 12.3 Å². The zero-order valence-corrected chi connectivity index (χ0v) is 8.40. The molecule has 0 radical (unpaired) electrons. The van der Waals surface area contributed by atoms with Gasteiger partial charge in [0.05, 0.1) is 5.69 Å². The molecule has 1 aromatic rings. The lowest BCUT2D eigenvalue weighted by Gasteiger charge is -1.93. The van der Waals surface area contributed by atoms with Crippen LogP contribution in [0.4, 0.5) is 0 Å². The van der Waals surface area contributed by atoms with Crippen molar-refractivity contribution in [1.82, 2.24) is 9.78 Å². The first-order valence-corrected chi connectivity index (χ1v) is 4.58. The maximum absolute atomic E-state index is 10.3. The quantitative estimate of drug-likeness (QED) is 0.742. The van der Waals surface area contributed by atoms with Crippen LogP contribution in [0.1, 0.15) is 24.6 Å². The molecular weight excluding hydrogens is 180 g/mol. The van der Waals surface area contributed by atoms with Crippen LogP contribution in [-0.4, -0.2) is 20.9 Å². The number of nitrogens with zero attached hydrogens (tertiary/aromatic N) is 2. The van der Waals surface area contributed by atoms with Crippen LogP contribution in [-0.2, 0) is 11.3 Å². The lowest BCUT2D eigenvalue weighted by Crippen LogP contribution is -1.96. The Bertz CT molecular complexity index is 353. The molecule has 0 spiro atoms.